The standard InChI is InChI=1S/C24H26F2N2O6/c1-13(23(5,30)28-21(29)34-22(2,3)4)10-14-6-8-17-16(11-14)27-20(31-17)15-7-9-18-19(12-15)33-24(25,26)32-18/h6-9,11-13,30H,10H2,1-5H3,(H,28,29)/t13?,23-/m1/s1. The van der Waals surface area contributed by atoms with Crippen LogP contribution in [-0.2, 0) is 11.2 Å². The van der Waals surface area contributed by atoms with Crippen LogP contribution in [0.25, 0.3) is 22.6 Å². The molecule has 0 fully saturated rings. The van der Waals surface area contributed by atoms with Gasteiger partial charge in [0.05, 0.1) is 0 Å². The molecule has 2 atom stereocenters. The van der Waals surface area contributed by atoms with Gasteiger partial charge < -0.3 is 23.7 Å². The van der Waals surface area contributed by atoms with Crippen LogP contribution in [-0.4, -0.2) is 33.8 Å². The van der Waals surface area contributed by atoms with E-state index in [0.717, 1.165) is 5.56 Å². The van der Waals surface area contributed by atoms with E-state index in [4.69, 9.17) is 9.15 Å². The summed E-state index contributed by atoms with van der Waals surface area (Å²) in [5, 5.41) is 13.3. The number of aromatic nitrogens is 1. The van der Waals surface area contributed by atoms with Crippen LogP contribution in [0.1, 0.15) is 40.2 Å². The van der Waals surface area contributed by atoms with Crippen LogP contribution >= 0.6 is 0 Å². The number of alkyl carbamates (subject to hydrolysis) is 1. The smallest absolute Gasteiger partial charge is 0.444 e. The summed E-state index contributed by atoms with van der Waals surface area (Å²) >= 11 is 0. The Morgan fingerprint density at radius 1 is 1.15 bits per heavy atom. The van der Waals surface area contributed by atoms with Crippen molar-refractivity contribution in [3.8, 4) is 23.0 Å². The Balaban J connectivity index is 1.49. The molecule has 2 heterocycles. The van der Waals surface area contributed by atoms with E-state index in [1.165, 1.54) is 19.1 Å². The minimum atomic E-state index is -3.70. The number of nitrogens with zero attached hydrogens (tertiary/aromatic N) is 1. The number of hydrogen-bond donors (Lipinski definition) is 2. The molecule has 0 aliphatic carbocycles. The van der Waals surface area contributed by atoms with Crippen molar-refractivity contribution in [2.45, 2.75) is 58.7 Å². The molecule has 2 N–H and O–H groups in total. The first-order chi connectivity index (χ1) is 15.7. The lowest BCUT2D eigenvalue weighted by Crippen LogP contribution is -2.52. The number of ether oxygens (including phenoxy) is 3. The van der Waals surface area contributed by atoms with Gasteiger partial charge in [0, 0.05) is 11.5 Å². The van der Waals surface area contributed by atoms with Crippen LogP contribution in [0, 0.1) is 5.92 Å². The molecule has 0 saturated carbocycles. The Morgan fingerprint density at radius 2 is 1.85 bits per heavy atom. The molecule has 182 valence electrons. The first kappa shape index (κ1) is 23.7. The maximum absolute atomic E-state index is 13.3. The third-order valence-corrected chi connectivity index (χ3v) is 5.36. The van der Waals surface area contributed by atoms with Gasteiger partial charge in [-0.15, -0.1) is 8.78 Å². The molecule has 0 saturated heterocycles. The summed E-state index contributed by atoms with van der Waals surface area (Å²) in [4.78, 5) is 16.5. The lowest BCUT2D eigenvalue weighted by molar-refractivity contribution is -0.286. The molecule has 1 aromatic heterocycles. The molecule has 2 aromatic carbocycles. The highest BCUT2D eigenvalue weighted by Gasteiger charge is 2.43. The molecular weight excluding hydrogens is 450 g/mol. The summed E-state index contributed by atoms with van der Waals surface area (Å²) < 4.78 is 46.5. The monoisotopic (exact) mass is 476 g/mol. The number of hydrogen-bond acceptors (Lipinski definition) is 7. The van der Waals surface area contributed by atoms with Crippen molar-refractivity contribution in [1.29, 1.82) is 0 Å². The molecule has 1 aliphatic heterocycles. The number of amides is 1. The van der Waals surface area contributed by atoms with Gasteiger partial charge in [-0.05, 0) is 70.0 Å². The minimum Gasteiger partial charge on any atom is -0.444 e. The van der Waals surface area contributed by atoms with Gasteiger partial charge in [0.15, 0.2) is 17.1 Å². The first-order valence-electron chi connectivity index (χ1n) is 10.7. The topological polar surface area (TPSA) is 103 Å². The SMILES string of the molecule is CC(Cc1ccc2oc(-c3ccc4c(c3)OC(F)(F)O4)nc2c1)[C@@](C)(O)NC(=O)OC(C)(C)C. The van der Waals surface area contributed by atoms with Gasteiger partial charge >= 0.3 is 12.4 Å². The Labute approximate surface area is 194 Å². The number of oxazole rings is 1. The van der Waals surface area contributed by atoms with Crippen LogP contribution in [0.4, 0.5) is 13.6 Å². The third kappa shape index (κ3) is 5.22. The van der Waals surface area contributed by atoms with E-state index in [0.29, 0.717) is 23.1 Å². The molecule has 1 aliphatic rings. The number of fused-ring (bicyclic) bond motifs is 2. The quantitative estimate of drug-likeness (QED) is 0.486. The molecule has 0 bridgehead atoms. The number of carbonyl (C=O) groups excluding carboxylic acids is 1. The molecule has 10 heteroatoms. The largest absolute Gasteiger partial charge is 0.586 e. The molecule has 4 rings (SSSR count). The molecule has 1 unspecified atom stereocenters. The highest BCUT2D eigenvalue weighted by Crippen LogP contribution is 2.43. The average molecular weight is 476 g/mol. The average Bonchev–Trinajstić information content (AvgIpc) is 3.23. The van der Waals surface area contributed by atoms with Gasteiger partial charge in [-0.1, -0.05) is 13.0 Å². The Morgan fingerprint density at radius 3 is 2.56 bits per heavy atom. The van der Waals surface area contributed by atoms with Gasteiger partial charge in [0.1, 0.15) is 16.8 Å². The van der Waals surface area contributed by atoms with E-state index in [9.17, 15) is 18.7 Å². The second kappa shape index (κ2) is 8.12. The van der Waals surface area contributed by atoms with Crippen molar-refractivity contribution < 1.29 is 37.3 Å². The number of alkyl halides is 2. The van der Waals surface area contributed by atoms with Gasteiger partial charge in [-0.3, -0.25) is 5.32 Å². The number of halogens is 2. The zero-order chi connectivity index (χ0) is 24.9. The van der Waals surface area contributed by atoms with Gasteiger partial charge in [-0.2, -0.15) is 0 Å². The van der Waals surface area contributed by atoms with Crippen molar-refractivity contribution in [3.05, 3.63) is 42.0 Å². The lowest BCUT2D eigenvalue weighted by atomic mass is 9.92. The highest BCUT2D eigenvalue weighted by molar-refractivity contribution is 5.77. The van der Waals surface area contributed by atoms with Crippen LogP contribution in [0.15, 0.2) is 40.8 Å². The summed E-state index contributed by atoms with van der Waals surface area (Å²) in [5.74, 6) is -0.285. The van der Waals surface area contributed by atoms with E-state index >= 15 is 0 Å². The van der Waals surface area contributed by atoms with E-state index in [1.807, 2.05) is 12.1 Å². The Bertz CT molecular complexity index is 1230. The molecule has 0 radical (unpaired) electrons. The van der Waals surface area contributed by atoms with Gasteiger partial charge in [0.2, 0.25) is 5.89 Å². The maximum Gasteiger partial charge on any atom is 0.586 e. The fraction of sp³-hybridized carbons (Fsp3) is 0.417. The second-order valence-corrected chi connectivity index (χ2v) is 9.53. The molecule has 1 amide bonds. The van der Waals surface area contributed by atoms with E-state index in [-0.39, 0.29) is 23.3 Å². The first-order valence-corrected chi connectivity index (χ1v) is 10.7. The van der Waals surface area contributed by atoms with E-state index < -0.39 is 23.7 Å². The molecule has 3 aromatic rings. The summed E-state index contributed by atoms with van der Waals surface area (Å²) in [5.41, 5.74) is 0.182. The zero-order valence-electron chi connectivity index (χ0n) is 19.4. The van der Waals surface area contributed by atoms with E-state index in [2.05, 4.69) is 19.8 Å². The van der Waals surface area contributed by atoms with E-state index in [1.54, 1.807) is 39.8 Å². The normalized spacial score (nSPS) is 17.3. The number of benzene rings is 2. The molecule has 0 spiro atoms. The van der Waals surface area contributed by atoms with Crippen molar-refractivity contribution in [1.82, 2.24) is 10.3 Å². The maximum atomic E-state index is 13.3. The van der Waals surface area contributed by atoms with Crippen molar-refractivity contribution in [2.24, 2.45) is 5.92 Å². The summed E-state index contributed by atoms with van der Waals surface area (Å²) in [7, 11) is 0. The third-order valence-electron chi connectivity index (χ3n) is 5.36. The minimum absolute atomic E-state index is 0.0619. The molecule has 8 nitrogen and oxygen atoms in total. The molecular formula is C24H26F2N2O6. The zero-order valence-corrected chi connectivity index (χ0v) is 19.4. The fourth-order valence-corrected chi connectivity index (χ4v) is 3.49. The number of carbonyl (C=O) groups is 1. The predicted octanol–water partition coefficient (Wildman–Crippen LogP) is 5.23. The van der Waals surface area contributed by atoms with Crippen LogP contribution < -0.4 is 14.8 Å². The number of rotatable bonds is 5. The predicted molar refractivity (Wildman–Crippen MR) is 119 cm³/mol. The van der Waals surface area contributed by atoms with Gasteiger partial charge in [-0.25, -0.2) is 9.78 Å². The number of aliphatic hydroxyl groups is 1. The summed E-state index contributed by atoms with van der Waals surface area (Å²) in [6.07, 6.45) is -3.98. The Hall–Kier alpha value is -3.40. The second-order valence-electron chi connectivity index (χ2n) is 9.53. The summed E-state index contributed by atoms with van der Waals surface area (Å²) in [6, 6.07) is 9.68. The van der Waals surface area contributed by atoms with Crippen LogP contribution in [0.2, 0.25) is 0 Å². The van der Waals surface area contributed by atoms with Crippen molar-refractivity contribution in [2.75, 3.05) is 0 Å². The van der Waals surface area contributed by atoms with Crippen molar-refractivity contribution in [3.63, 3.8) is 0 Å². The Kier molecular flexibility index (Phi) is 5.67. The number of nitrogens with one attached hydrogen (secondary N) is 1. The van der Waals surface area contributed by atoms with Gasteiger partial charge in [0.25, 0.3) is 0 Å². The molecule has 34 heavy (non-hydrogen) atoms. The lowest BCUT2D eigenvalue weighted by Gasteiger charge is -2.32. The highest BCUT2D eigenvalue weighted by atomic mass is 19.3. The fourth-order valence-electron chi connectivity index (χ4n) is 3.49. The van der Waals surface area contributed by atoms with Crippen LogP contribution in [0.5, 0.6) is 11.5 Å². The summed E-state index contributed by atoms with van der Waals surface area (Å²) in [6.45, 7) is 8.54. The van der Waals surface area contributed by atoms with Crippen LogP contribution in [0.3, 0.4) is 0 Å². The van der Waals surface area contributed by atoms with Crippen molar-refractivity contribution >= 4 is 17.2 Å².